The van der Waals surface area contributed by atoms with E-state index in [0.717, 1.165) is 29.2 Å². The van der Waals surface area contributed by atoms with Gasteiger partial charge in [0.05, 0.1) is 16.8 Å². The molecular formula is C21H21N3OS. The van der Waals surface area contributed by atoms with Crippen molar-refractivity contribution in [2.24, 2.45) is 0 Å². The van der Waals surface area contributed by atoms with E-state index in [2.05, 4.69) is 35.4 Å². The number of carbonyl (C=O) groups excluding carboxylic acids is 1. The second kappa shape index (κ2) is 7.38. The Balaban J connectivity index is 1.47. The van der Waals surface area contributed by atoms with Crippen LogP contribution in [0.2, 0.25) is 0 Å². The predicted octanol–water partition coefficient (Wildman–Crippen LogP) is 3.90. The third kappa shape index (κ3) is 3.27. The highest BCUT2D eigenvalue weighted by Crippen LogP contribution is 2.25. The summed E-state index contributed by atoms with van der Waals surface area (Å²) in [6.07, 6.45) is 2.79. The molecule has 5 heteroatoms. The summed E-state index contributed by atoms with van der Waals surface area (Å²) in [5.41, 5.74) is 4.65. The second-order valence-electron chi connectivity index (χ2n) is 6.41. The smallest absolute Gasteiger partial charge is 0.233 e. The molecule has 0 fully saturated rings. The monoisotopic (exact) mass is 363 g/mol. The Kier molecular flexibility index (Phi) is 4.80. The van der Waals surface area contributed by atoms with Gasteiger partial charge in [0.25, 0.3) is 0 Å². The van der Waals surface area contributed by atoms with Crippen LogP contribution in [0.15, 0.2) is 66.3 Å². The fraction of sp³-hybridized carbons (Fsp3) is 0.238. The van der Waals surface area contributed by atoms with Gasteiger partial charge in [-0.3, -0.25) is 4.79 Å². The fourth-order valence-corrected chi connectivity index (χ4v) is 4.32. The van der Waals surface area contributed by atoms with Gasteiger partial charge in [-0.05, 0) is 29.7 Å². The number of hydrogen-bond acceptors (Lipinski definition) is 3. The molecule has 1 aromatic heterocycles. The van der Waals surface area contributed by atoms with Gasteiger partial charge in [-0.2, -0.15) is 0 Å². The van der Waals surface area contributed by atoms with Gasteiger partial charge in [-0.25, -0.2) is 4.98 Å². The van der Waals surface area contributed by atoms with Crippen LogP contribution < -0.4 is 0 Å². The number of rotatable bonds is 5. The highest BCUT2D eigenvalue weighted by atomic mass is 32.2. The molecule has 0 N–H and O–H groups in total. The van der Waals surface area contributed by atoms with E-state index >= 15 is 0 Å². The number of thioether (sulfide) groups is 1. The zero-order valence-electron chi connectivity index (χ0n) is 14.6. The van der Waals surface area contributed by atoms with Crippen LogP contribution in [-0.2, 0) is 24.3 Å². The zero-order valence-corrected chi connectivity index (χ0v) is 15.4. The molecule has 1 amide bonds. The van der Waals surface area contributed by atoms with E-state index in [1.165, 1.54) is 22.9 Å². The number of allylic oxidation sites excluding steroid dienone is 1. The standard InChI is InChI=1S/C21H21N3OS/c1-2-12-24-19-10-6-5-9-18(19)22-21(24)26-15-20(25)23-13-11-16-7-3-4-8-17(16)14-23/h2-10H,1,11-15H2. The molecule has 3 aromatic rings. The maximum Gasteiger partial charge on any atom is 0.233 e. The third-order valence-electron chi connectivity index (χ3n) is 4.74. The number of carbonyl (C=O) groups is 1. The quantitative estimate of drug-likeness (QED) is 0.510. The Labute approximate surface area is 157 Å². The minimum Gasteiger partial charge on any atom is -0.337 e. The van der Waals surface area contributed by atoms with Gasteiger partial charge in [0.1, 0.15) is 0 Å². The molecule has 1 aliphatic rings. The average Bonchev–Trinajstić information content (AvgIpc) is 3.04. The third-order valence-corrected chi connectivity index (χ3v) is 5.70. The van der Waals surface area contributed by atoms with Crippen molar-refractivity contribution in [2.45, 2.75) is 24.7 Å². The van der Waals surface area contributed by atoms with Crippen LogP contribution in [0.1, 0.15) is 11.1 Å². The van der Waals surface area contributed by atoms with Gasteiger partial charge in [0.15, 0.2) is 5.16 Å². The summed E-state index contributed by atoms with van der Waals surface area (Å²) in [4.78, 5) is 19.4. The number of aromatic nitrogens is 2. The van der Waals surface area contributed by atoms with E-state index in [-0.39, 0.29) is 5.91 Å². The summed E-state index contributed by atoms with van der Waals surface area (Å²) in [6, 6.07) is 16.4. The maximum absolute atomic E-state index is 12.7. The molecular weight excluding hydrogens is 342 g/mol. The van der Waals surface area contributed by atoms with E-state index in [4.69, 9.17) is 4.98 Å². The zero-order chi connectivity index (χ0) is 17.9. The normalized spacial score (nSPS) is 13.6. The number of nitrogens with zero attached hydrogens (tertiary/aromatic N) is 3. The lowest BCUT2D eigenvalue weighted by Gasteiger charge is -2.28. The van der Waals surface area contributed by atoms with E-state index in [0.29, 0.717) is 18.8 Å². The molecule has 0 atom stereocenters. The van der Waals surface area contributed by atoms with Crippen LogP contribution in [0.4, 0.5) is 0 Å². The first-order valence-electron chi connectivity index (χ1n) is 8.80. The predicted molar refractivity (Wildman–Crippen MR) is 106 cm³/mol. The highest BCUT2D eigenvalue weighted by molar-refractivity contribution is 7.99. The van der Waals surface area contributed by atoms with Gasteiger partial charge < -0.3 is 9.47 Å². The van der Waals surface area contributed by atoms with Crippen LogP contribution in [-0.4, -0.2) is 32.7 Å². The van der Waals surface area contributed by atoms with Crippen molar-refractivity contribution in [1.29, 1.82) is 0 Å². The van der Waals surface area contributed by atoms with Crippen molar-refractivity contribution < 1.29 is 4.79 Å². The SMILES string of the molecule is C=CCn1c(SCC(=O)N2CCc3ccccc3C2)nc2ccccc21. The van der Waals surface area contributed by atoms with Gasteiger partial charge in [-0.15, -0.1) is 6.58 Å². The number of imidazole rings is 1. The molecule has 1 aliphatic heterocycles. The second-order valence-corrected chi connectivity index (χ2v) is 7.35. The van der Waals surface area contributed by atoms with E-state index in [1.807, 2.05) is 35.2 Å². The summed E-state index contributed by atoms with van der Waals surface area (Å²) in [5, 5.41) is 0.872. The Morgan fingerprint density at radius 2 is 1.92 bits per heavy atom. The number of hydrogen-bond donors (Lipinski definition) is 0. The van der Waals surface area contributed by atoms with Crippen LogP contribution >= 0.6 is 11.8 Å². The number of amides is 1. The van der Waals surface area contributed by atoms with Crippen molar-refractivity contribution in [2.75, 3.05) is 12.3 Å². The molecule has 132 valence electrons. The highest BCUT2D eigenvalue weighted by Gasteiger charge is 2.21. The Morgan fingerprint density at radius 1 is 1.15 bits per heavy atom. The average molecular weight is 363 g/mol. The molecule has 4 rings (SSSR count). The van der Waals surface area contributed by atoms with Crippen molar-refractivity contribution in [1.82, 2.24) is 14.5 Å². The molecule has 0 saturated heterocycles. The van der Waals surface area contributed by atoms with Crippen molar-refractivity contribution in [3.63, 3.8) is 0 Å². The van der Waals surface area contributed by atoms with Crippen molar-refractivity contribution in [3.8, 4) is 0 Å². The fourth-order valence-electron chi connectivity index (χ4n) is 3.40. The topological polar surface area (TPSA) is 38.1 Å². The lowest BCUT2D eigenvalue weighted by Crippen LogP contribution is -2.37. The molecule has 0 spiro atoms. The first kappa shape index (κ1) is 16.9. The molecule has 26 heavy (non-hydrogen) atoms. The van der Waals surface area contributed by atoms with Gasteiger partial charge in [-0.1, -0.05) is 54.2 Å². The van der Waals surface area contributed by atoms with Crippen LogP contribution in [0.3, 0.4) is 0 Å². The van der Waals surface area contributed by atoms with Crippen LogP contribution in [0, 0.1) is 0 Å². The minimum absolute atomic E-state index is 0.168. The number of benzene rings is 2. The molecule has 0 saturated carbocycles. The summed E-state index contributed by atoms with van der Waals surface area (Å²) in [6.45, 7) is 6.03. The molecule has 0 unspecified atom stereocenters. The van der Waals surface area contributed by atoms with E-state index in [1.54, 1.807) is 0 Å². The number of para-hydroxylation sites is 2. The maximum atomic E-state index is 12.7. The summed E-state index contributed by atoms with van der Waals surface area (Å²) < 4.78 is 2.12. The van der Waals surface area contributed by atoms with Gasteiger partial charge >= 0.3 is 0 Å². The van der Waals surface area contributed by atoms with Gasteiger partial charge in [0, 0.05) is 19.6 Å². The lowest BCUT2D eigenvalue weighted by molar-refractivity contribution is -0.129. The summed E-state index contributed by atoms with van der Waals surface area (Å²) in [7, 11) is 0. The Hall–Kier alpha value is -2.53. The lowest BCUT2D eigenvalue weighted by atomic mass is 10.00. The Morgan fingerprint density at radius 3 is 2.77 bits per heavy atom. The molecule has 2 heterocycles. The van der Waals surface area contributed by atoms with Gasteiger partial charge in [0.2, 0.25) is 5.91 Å². The van der Waals surface area contributed by atoms with E-state index < -0.39 is 0 Å². The summed E-state index contributed by atoms with van der Waals surface area (Å²) >= 11 is 1.51. The molecule has 0 aliphatic carbocycles. The largest absolute Gasteiger partial charge is 0.337 e. The van der Waals surface area contributed by atoms with Crippen molar-refractivity contribution in [3.05, 3.63) is 72.3 Å². The Bertz CT molecular complexity index is 963. The molecule has 0 radical (unpaired) electrons. The van der Waals surface area contributed by atoms with Crippen molar-refractivity contribution >= 4 is 28.7 Å². The van der Waals surface area contributed by atoms with Crippen LogP contribution in [0.5, 0.6) is 0 Å². The molecule has 0 bridgehead atoms. The number of fused-ring (bicyclic) bond motifs is 2. The first-order chi connectivity index (χ1) is 12.8. The van der Waals surface area contributed by atoms with Crippen LogP contribution in [0.25, 0.3) is 11.0 Å². The molecule has 2 aromatic carbocycles. The summed E-state index contributed by atoms with van der Waals surface area (Å²) in [5.74, 6) is 0.574. The van der Waals surface area contributed by atoms with E-state index in [9.17, 15) is 4.79 Å². The first-order valence-corrected chi connectivity index (χ1v) is 9.78. The minimum atomic E-state index is 0.168. The molecule has 4 nitrogen and oxygen atoms in total.